The van der Waals surface area contributed by atoms with Crippen molar-refractivity contribution >= 4 is 28.5 Å². The van der Waals surface area contributed by atoms with Gasteiger partial charge in [-0.05, 0) is 73.4 Å². The van der Waals surface area contributed by atoms with Crippen LogP contribution in [0.2, 0.25) is 5.02 Å². The summed E-state index contributed by atoms with van der Waals surface area (Å²) in [4.78, 5) is 29.1. The summed E-state index contributed by atoms with van der Waals surface area (Å²) in [6.07, 6.45) is 0.607. The Morgan fingerprint density at radius 1 is 1.00 bits per heavy atom. The van der Waals surface area contributed by atoms with Gasteiger partial charge in [-0.15, -0.1) is 0 Å². The van der Waals surface area contributed by atoms with E-state index in [-0.39, 0.29) is 17.1 Å². The highest BCUT2D eigenvalue weighted by Gasteiger charge is 2.42. The Morgan fingerprint density at radius 2 is 1.69 bits per heavy atom. The average Bonchev–Trinajstić information content (AvgIpc) is 3.16. The highest BCUT2D eigenvalue weighted by molar-refractivity contribution is 6.32. The molecule has 1 aromatic heterocycles. The minimum absolute atomic E-state index is 0.0860. The SMILES string of the molecule is CCOc1ccc([C@H]2c3c(oc4cc(C)c(Cl)cc4c3=O)C(=O)N2CCc2ccc(OC)cc2)cc1. The number of amides is 1. The first kappa shape index (κ1) is 23.9. The van der Waals surface area contributed by atoms with Crippen LogP contribution in [0.4, 0.5) is 0 Å². The third-order valence-electron chi connectivity index (χ3n) is 6.55. The molecule has 3 aromatic carbocycles. The molecule has 0 N–H and O–H groups in total. The molecule has 184 valence electrons. The molecule has 36 heavy (non-hydrogen) atoms. The summed E-state index contributed by atoms with van der Waals surface area (Å²) in [5.41, 5.74) is 3.09. The number of halogens is 1. The number of carbonyl (C=O) groups excluding carboxylic acids is 1. The second kappa shape index (κ2) is 9.70. The van der Waals surface area contributed by atoms with Crippen molar-refractivity contribution in [1.29, 1.82) is 0 Å². The van der Waals surface area contributed by atoms with Gasteiger partial charge >= 0.3 is 0 Å². The molecule has 1 atom stereocenters. The second-order valence-corrected chi connectivity index (χ2v) is 9.18. The van der Waals surface area contributed by atoms with Crippen LogP contribution in [0.25, 0.3) is 11.0 Å². The molecule has 1 aliphatic rings. The predicted octanol–water partition coefficient (Wildman–Crippen LogP) is 5.95. The fourth-order valence-corrected chi connectivity index (χ4v) is 4.84. The summed E-state index contributed by atoms with van der Waals surface area (Å²) in [7, 11) is 1.62. The van der Waals surface area contributed by atoms with Gasteiger partial charge in [-0.1, -0.05) is 35.9 Å². The van der Waals surface area contributed by atoms with E-state index < -0.39 is 6.04 Å². The Morgan fingerprint density at radius 3 is 2.36 bits per heavy atom. The second-order valence-electron chi connectivity index (χ2n) is 8.77. The van der Waals surface area contributed by atoms with E-state index in [9.17, 15) is 9.59 Å². The normalized spacial score (nSPS) is 14.8. The molecule has 4 aromatic rings. The van der Waals surface area contributed by atoms with Crippen molar-refractivity contribution in [2.75, 3.05) is 20.3 Å². The number of benzene rings is 3. The first-order valence-corrected chi connectivity index (χ1v) is 12.2. The van der Waals surface area contributed by atoms with Gasteiger partial charge in [0.15, 0.2) is 5.43 Å². The Bertz CT molecular complexity index is 1490. The first-order chi connectivity index (χ1) is 17.4. The Kier molecular flexibility index (Phi) is 6.46. The standard InChI is InChI=1S/C29H26ClNO5/c1-4-35-21-11-7-19(8-12-21)26-25-27(32)22-16-23(30)17(2)15-24(22)36-28(25)29(33)31(26)14-13-18-5-9-20(34-3)10-6-18/h5-12,15-16,26H,4,13-14H2,1-3H3/t26-/m0/s1. The topological polar surface area (TPSA) is 69.0 Å². The minimum Gasteiger partial charge on any atom is -0.497 e. The molecule has 0 fully saturated rings. The molecular formula is C29H26ClNO5. The van der Waals surface area contributed by atoms with E-state index in [0.29, 0.717) is 41.1 Å². The van der Waals surface area contributed by atoms with E-state index in [0.717, 1.165) is 28.2 Å². The van der Waals surface area contributed by atoms with Crippen LogP contribution in [-0.2, 0) is 6.42 Å². The van der Waals surface area contributed by atoms with Gasteiger partial charge in [-0.25, -0.2) is 0 Å². The maximum atomic E-state index is 13.7. The van der Waals surface area contributed by atoms with Crippen LogP contribution in [-0.4, -0.2) is 31.1 Å². The van der Waals surface area contributed by atoms with Crippen LogP contribution in [0.5, 0.6) is 11.5 Å². The van der Waals surface area contributed by atoms with Crippen LogP contribution in [0.3, 0.4) is 0 Å². The third-order valence-corrected chi connectivity index (χ3v) is 6.96. The van der Waals surface area contributed by atoms with Crippen LogP contribution in [0.1, 0.15) is 45.8 Å². The molecule has 0 unspecified atom stereocenters. The van der Waals surface area contributed by atoms with Gasteiger partial charge < -0.3 is 18.8 Å². The highest BCUT2D eigenvalue weighted by Crippen LogP contribution is 2.39. The molecule has 0 radical (unpaired) electrons. The van der Waals surface area contributed by atoms with Gasteiger partial charge in [0.1, 0.15) is 17.1 Å². The lowest BCUT2D eigenvalue weighted by Crippen LogP contribution is -2.31. The van der Waals surface area contributed by atoms with E-state index in [1.54, 1.807) is 24.1 Å². The van der Waals surface area contributed by atoms with E-state index in [4.69, 9.17) is 25.5 Å². The Balaban J connectivity index is 1.60. The van der Waals surface area contributed by atoms with E-state index in [1.807, 2.05) is 62.4 Å². The number of rotatable bonds is 7. The van der Waals surface area contributed by atoms with Gasteiger partial charge in [-0.2, -0.15) is 0 Å². The highest BCUT2D eigenvalue weighted by atomic mass is 35.5. The zero-order valence-corrected chi connectivity index (χ0v) is 21.1. The van der Waals surface area contributed by atoms with Gasteiger partial charge in [-0.3, -0.25) is 9.59 Å². The number of hydrogen-bond donors (Lipinski definition) is 0. The smallest absolute Gasteiger partial charge is 0.290 e. The summed E-state index contributed by atoms with van der Waals surface area (Å²) in [6.45, 7) is 4.71. The van der Waals surface area contributed by atoms with Crippen molar-refractivity contribution in [2.24, 2.45) is 0 Å². The van der Waals surface area contributed by atoms with Gasteiger partial charge in [0.2, 0.25) is 5.76 Å². The van der Waals surface area contributed by atoms with Crippen molar-refractivity contribution in [1.82, 2.24) is 4.90 Å². The molecule has 1 amide bonds. The summed E-state index contributed by atoms with van der Waals surface area (Å²) in [5.74, 6) is 1.28. The van der Waals surface area contributed by atoms with Gasteiger partial charge in [0, 0.05) is 11.6 Å². The number of ether oxygens (including phenoxy) is 2. The van der Waals surface area contributed by atoms with E-state index in [1.165, 1.54) is 0 Å². The molecule has 0 saturated carbocycles. The monoisotopic (exact) mass is 503 g/mol. The molecule has 0 spiro atoms. The van der Waals surface area contributed by atoms with Crippen LogP contribution in [0.15, 0.2) is 69.9 Å². The lowest BCUT2D eigenvalue weighted by molar-refractivity contribution is 0.0730. The maximum Gasteiger partial charge on any atom is 0.290 e. The van der Waals surface area contributed by atoms with Crippen molar-refractivity contribution in [3.05, 3.63) is 104 Å². The van der Waals surface area contributed by atoms with Crippen molar-refractivity contribution in [3.63, 3.8) is 0 Å². The lowest BCUT2D eigenvalue weighted by atomic mass is 9.98. The van der Waals surface area contributed by atoms with Crippen molar-refractivity contribution < 1.29 is 18.7 Å². The maximum absolute atomic E-state index is 13.7. The lowest BCUT2D eigenvalue weighted by Gasteiger charge is -2.25. The number of fused-ring (bicyclic) bond motifs is 2. The number of aryl methyl sites for hydroxylation is 1. The first-order valence-electron chi connectivity index (χ1n) is 11.8. The number of methoxy groups -OCH3 is 1. The molecule has 1 aliphatic heterocycles. The molecular weight excluding hydrogens is 478 g/mol. The molecule has 0 saturated heterocycles. The molecule has 5 rings (SSSR count). The molecule has 7 heteroatoms. The zero-order chi connectivity index (χ0) is 25.4. The zero-order valence-electron chi connectivity index (χ0n) is 20.3. The van der Waals surface area contributed by atoms with Gasteiger partial charge in [0.05, 0.1) is 30.7 Å². The number of hydrogen-bond acceptors (Lipinski definition) is 5. The van der Waals surface area contributed by atoms with Crippen LogP contribution in [0, 0.1) is 6.92 Å². The molecule has 6 nitrogen and oxygen atoms in total. The Hall–Kier alpha value is -3.77. The average molecular weight is 504 g/mol. The van der Waals surface area contributed by atoms with E-state index in [2.05, 4.69) is 0 Å². The van der Waals surface area contributed by atoms with Crippen molar-refractivity contribution in [3.8, 4) is 11.5 Å². The predicted molar refractivity (Wildman–Crippen MR) is 139 cm³/mol. The van der Waals surface area contributed by atoms with Crippen molar-refractivity contribution in [2.45, 2.75) is 26.3 Å². The summed E-state index contributed by atoms with van der Waals surface area (Å²) in [6, 6.07) is 18.0. The van der Waals surface area contributed by atoms with Gasteiger partial charge in [0.25, 0.3) is 5.91 Å². The third kappa shape index (κ3) is 4.22. The quantitative estimate of drug-likeness (QED) is 0.312. The van der Waals surface area contributed by atoms with Crippen LogP contribution < -0.4 is 14.9 Å². The number of carbonyl (C=O) groups is 1. The Labute approximate surface area is 214 Å². The van der Waals surface area contributed by atoms with E-state index >= 15 is 0 Å². The summed E-state index contributed by atoms with van der Waals surface area (Å²) in [5, 5.41) is 0.846. The molecule has 2 heterocycles. The molecule has 0 aliphatic carbocycles. The number of nitrogens with zero attached hydrogens (tertiary/aromatic N) is 1. The summed E-state index contributed by atoms with van der Waals surface area (Å²) < 4.78 is 16.9. The summed E-state index contributed by atoms with van der Waals surface area (Å²) >= 11 is 6.33. The fourth-order valence-electron chi connectivity index (χ4n) is 4.67. The largest absolute Gasteiger partial charge is 0.497 e. The van der Waals surface area contributed by atoms with Crippen LogP contribution >= 0.6 is 11.6 Å². The molecule has 0 bridgehead atoms. The fraction of sp³-hybridized carbons (Fsp3) is 0.241. The minimum atomic E-state index is -0.581.